The van der Waals surface area contributed by atoms with Gasteiger partial charge in [-0.05, 0) is 36.5 Å². The molecule has 1 aliphatic carbocycles. The topological polar surface area (TPSA) is 52.8 Å². The predicted octanol–water partition coefficient (Wildman–Crippen LogP) is 2.73. The first-order chi connectivity index (χ1) is 10.0. The molecule has 3 rings (SSSR count). The molecule has 0 N–H and O–H groups in total. The summed E-state index contributed by atoms with van der Waals surface area (Å²) in [5, 5.41) is 8.89. The Morgan fingerprint density at radius 3 is 2.76 bits per heavy atom. The number of aryl methyl sites for hydroxylation is 1. The maximum Gasteiger partial charge on any atom is 0.143 e. The van der Waals surface area contributed by atoms with Crippen molar-refractivity contribution in [2.45, 2.75) is 31.8 Å². The number of aromatic nitrogens is 4. The number of pyridine rings is 1. The Labute approximate surface area is 129 Å². The summed E-state index contributed by atoms with van der Waals surface area (Å²) in [5.74, 6) is 1.66. The average Bonchev–Trinajstić information content (AvgIpc) is 2.81. The molecule has 1 saturated carbocycles. The summed E-state index contributed by atoms with van der Waals surface area (Å²) in [5.41, 5.74) is 1.89. The van der Waals surface area contributed by atoms with Gasteiger partial charge in [-0.1, -0.05) is 18.5 Å². The van der Waals surface area contributed by atoms with Crippen LogP contribution in [-0.4, -0.2) is 26.9 Å². The number of hydrogen-bond donors (Lipinski definition) is 0. The second-order valence-corrected chi connectivity index (χ2v) is 6.35. The van der Waals surface area contributed by atoms with Gasteiger partial charge in [-0.3, -0.25) is 0 Å². The SMILES string of the molecule is COCc1cc(C2(c3nncn3C)CC(C)C2)cc(Cl)n1. The molecule has 1 aliphatic rings. The molecule has 112 valence electrons. The van der Waals surface area contributed by atoms with E-state index in [1.807, 2.05) is 17.7 Å². The van der Waals surface area contributed by atoms with Crippen LogP contribution in [0.25, 0.3) is 0 Å². The number of ether oxygens (including phenoxy) is 1. The number of methoxy groups -OCH3 is 1. The maximum absolute atomic E-state index is 6.20. The van der Waals surface area contributed by atoms with E-state index in [4.69, 9.17) is 16.3 Å². The first-order valence-electron chi connectivity index (χ1n) is 7.05. The van der Waals surface area contributed by atoms with Crippen LogP contribution in [-0.2, 0) is 23.8 Å². The van der Waals surface area contributed by atoms with Crippen molar-refractivity contribution in [1.82, 2.24) is 19.7 Å². The van der Waals surface area contributed by atoms with Crippen LogP contribution in [0, 0.1) is 5.92 Å². The third-order valence-corrected chi connectivity index (χ3v) is 4.42. The van der Waals surface area contributed by atoms with E-state index in [9.17, 15) is 0 Å². The molecule has 21 heavy (non-hydrogen) atoms. The van der Waals surface area contributed by atoms with Crippen LogP contribution >= 0.6 is 11.6 Å². The van der Waals surface area contributed by atoms with E-state index in [-0.39, 0.29) is 5.41 Å². The first-order valence-corrected chi connectivity index (χ1v) is 7.43. The third-order valence-electron chi connectivity index (χ3n) is 4.23. The lowest BCUT2D eigenvalue weighted by molar-refractivity contribution is 0.176. The van der Waals surface area contributed by atoms with E-state index in [1.165, 1.54) is 0 Å². The highest BCUT2D eigenvalue weighted by Crippen LogP contribution is 2.51. The number of rotatable bonds is 4. The lowest BCUT2D eigenvalue weighted by Crippen LogP contribution is -2.43. The van der Waals surface area contributed by atoms with E-state index in [0.717, 1.165) is 29.9 Å². The van der Waals surface area contributed by atoms with Crippen LogP contribution in [0.3, 0.4) is 0 Å². The van der Waals surface area contributed by atoms with Gasteiger partial charge in [-0.15, -0.1) is 10.2 Å². The Morgan fingerprint density at radius 2 is 2.19 bits per heavy atom. The molecule has 0 amide bonds. The molecule has 0 radical (unpaired) electrons. The zero-order valence-electron chi connectivity index (χ0n) is 12.5. The van der Waals surface area contributed by atoms with Crippen LogP contribution in [0.1, 0.15) is 36.8 Å². The van der Waals surface area contributed by atoms with Gasteiger partial charge in [0.2, 0.25) is 0 Å². The molecule has 2 heterocycles. The largest absolute Gasteiger partial charge is 0.378 e. The molecule has 1 fully saturated rings. The van der Waals surface area contributed by atoms with Crippen molar-refractivity contribution in [1.29, 1.82) is 0 Å². The van der Waals surface area contributed by atoms with Crippen molar-refractivity contribution < 1.29 is 4.74 Å². The second-order valence-electron chi connectivity index (χ2n) is 5.96. The predicted molar refractivity (Wildman–Crippen MR) is 80.1 cm³/mol. The average molecular weight is 307 g/mol. The Balaban J connectivity index is 2.08. The number of halogens is 1. The molecule has 0 atom stereocenters. The standard InChI is InChI=1S/C15H19ClN4O/c1-10-6-15(7-10,14-19-17-9-20(14)2)11-4-12(8-21-3)18-13(16)5-11/h4-5,9-10H,6-8H2,1-3H3. The highest BCUT2D eigenvalue weighted by atomic mass is 35.5. The number of hydrogen-bond acceptors (Lipinski definition) is 4. The zero-order chi connectivity index (χ0) is 15.0. The molecule has 5 nitrogen and oxygen atoms in total. The lowest BCUT2D eigenvalue weighted by atomic mass is 9.58. The fourth-order valence-electron chi connectivity index (χ4n) is 3.44. The van der Waals surface area contributed by atoms with Gasteiger partial charge in [0.15, 0.2) is 0 Å². The third kappa shape index (κ3) is 2.45. The van der Waals surface area contributed by atoms with Crippen molar-refractivity contribution in [2.75, 3.05) is 7.11 Å². The molecular formula is C15H19ClN4O. The van der Waals surface area contributed by atoms with Crippen LogP contribution in [0.2, 0.25) is 5.15 Å². The Bertz CT molecular complexity index is 649. The fraction of sp³-hybridized carbons (Fsp3) is 0.533. The number of nitrogens with zero attached hydrogens (tertiary/aromatic N) is 4. The van der Waals surface area contributed by atoms with Gasteiger partial charge in [0.25, 0.3) is 0 Å². The van der Waals surface area contributed by atoms with Gasteiger partial charge in [0.05, 0.1) is 17.7 Å². The second kappa shape index (κ2) is 5.39. The summed E-state index contributed by atoms with van der Waals surface area (Å²) in [6.07, 6.45) is 3.84. The fourth-order valence-corrected chi connectivity index (χ4v) is 3.67. The van der Waals surface area contributed by atoms with Crippen molar-refractivity contribution in [3.05, 3.63) is 40.7 Å². The monoisotopic (exact) mass is 306 g/mol. The molecule has 0 bridgehead atoms. The van der Waals surface area contributed by atoms with E-state index >= 15 is 0 Å². The summed E-state index contributed by atoms with van der Waals surface area (Å²) in [6, 6.07) is 4.03. The Morgan fingerprint density at radius 1 is 1.43 bits per heavy atom. The smallest absolute Gasteiger partial charge is 0.143 e. The maximum atomic E-state index is 6.20. The summed E-state index contributed by atoms with van der Waals surface area (Å²) < 4.78 is 7.18. The summed E-state index contributed by atoms with van der Waals surface area (Å²) in [7, 11) is 3.64. The van der Waals surface area contributed by atoms with E-state index in [1.54, 1.807) is 13.4 Å². The Hall–Kier alpha value is -1.46. The zero-order valence-corrected chi connectivity index (χ0v) is 13.3. The highest BCUT2D eigenvalue weighted by Gasteiger charge is 2.48. The summed E-state index contributed by atoms with van der Waals surface area (Å²) in [6.45, 7) is 2.71. The van der Waals surface area contributed by atoms with Gasteiger partial charge in [-0.25, -0.2) is 4.98 Å². The van der Waals surface area contributed by atoms with Crippen molar-refractivity contribution >= 4 is 11.6 Å². The molecule has 0 spiro atoms. The van der Waals surface area contributed by atoms with Gasteiger partial charge in [0, 0.05) is 14.2 Å². The van der Waals surface area contributed by atoms with Gasteiger partial charge >= 0.3 is 0 Å². The van der Waals surface area contributed by atoms with Crippen molar-refractivity contribution in [2.24, 2.45) is 13.0 Å². The Kier molecular flexibility index (Phi) is 3.71. The van der Waals surface area contributed by atoms with Crippen molar-refractivity contribution in [3.63, 3.8) is 0 Å². The van der Waals surface area contributed by atoms with Crippen molar-refractivity contribution in [3.8, 4) is 0 Å². The minimum absolute atomic E-state index is 0.111. The molecule has 2 aromatic heterocycles. The molecule has 0 unspecified atom stereocenters. The van der Waals surface area contributed by atoms with E-state index in [0.29, 0.717) is 17.7 Å². The van der Waals surface area contributed by atoms with E-state index in [2.05, 4.69) is 28.2 Å². The first kappa shape index (κ1) is 14.5. The van der Waals surface area contributed by atoms with E-state index < -0.39 is 0 Å². The summed E-state index contributed by atoms with van der Waals surface area (Å²) in [4.78, 5) is 4.32. The highest BCUT2D eigenvalue weighted by molar-refractivity contribution is 6.29. The minimum atomic E-state index is -0.111. The minimum Gasteiger partial charge on any atom is -0.378 e. The molecule has 2 aromatic rings. The van der Waals surface area contributed by atoms with Gasteiger partial charge in [-0.2, -0.15) is 0 Å². The molecule has 0 aliphatic heterocycles. The quantitative estimate of drug-likeness (QED) is 0.815. The van der Waals surface area contributed by atoms with Crippen LogP contribution < -0.4 is 0 Å². The molecule has 6 heteroatoms. The van der Waals surface area contributed by atoms with Crippen LogP contribution in [0.5, 0.6) is 0 Å². The molecular weight excluding hydrogens is 288 g/mol. The van der Waals surface area contributed by atoms with Crippen LogP contribution in [0.4, 0.5) is 0 Å². The normalized spacial score (nSPS) is 24.9. The molecule has 0 saturated heterocycles. The molecule has 0 aromatic carbocycles. The summed E-state index contributed by atoms with van der Waals surface area (Å²) >= 11 is 6.20. The van der Waals surface area contributed by atoms with Gasteiger partial charge in [0.1, 0.15) is 17.3 Å². The van der Waals surface area contributed by atoms with Crippen LogP contribution in [0.15, 0.2) is 18.5 Å². The van der Waals surface area contributed by atoms with Gasteiger partial charge < -0.3 is 9.30 Å². The lowest BCUT2D eigenvalue weighted by Gasteiger charge is -2.46.